The van der Waals surface area contributed by atoms with E-state index >= 15 is 0 Å². The van der Waals surface area contributed by atoms with E-state index in [-0.39, 0.29) is 6.04 Å². The molecule has 1 heterocycles. The molecule has 0 amide bonds. The van der Waals surface area contributed by atoms with Crippen molar-refractivity contribution < 1.29 is 18.1 Å². The van der Waals surface area contributed by atoms with E-state index in [1.165, 1.54) is 4.90 Å². The van der Waals surface area contributed by atoms with E-state index in [1.54, 1.807) is 35.7 Å². The Kier molecular flexibility index (Phi) is 5.87. The summed E-state index contributed by atoms with van der Waals surface area (Å²) < 4.78 is 32.3. The molecule has 1 atom stereocenters. The quantitative estimate of drug-likeness (QED) is 0.842. The number of quaternary nitrogens is 1. The van der Waals surface area contributed by atoms with Crippen molar-refractivity contribution in [3.63, 3.8) is 0 Å². The van der Waals surface area contributed by atoms with Crippen LogP contribution in [-0.2, 0) is 10.0 Å². The number of nitrogens with zero attached hydrogens (tertiary/aromatic N) is 1. The number of hydrogen-bond donors (Lipinski definition) is 1. The standard InChI is InChI=1S/C19H23ClN2O3S/c1-15(18-5-3-4-6-19(18)20)21-11-13-22(14-12-21)26(23,24)17-9-7-16(25-2)8-10-17/h3-10,15H,11-14H2,1-2H3/p+1/t15-/m1/s1. The molecule has 1 N–H and O–H groups in total. The maximum Gasteiger partial charge on any atom is 0.243 e. The van der Waals surface area contributed by atoms with Gasteiger partial charge in [0.15, 0.2) is 0 Å². The van der Waals surface area contributed by atoms with Gasteiger partial charge in [0, 0.05) is 10.6 Å². The number of methoxy groups -OCH3 is 1. The second kappa shape index (κ2) is 7.96. The minimum absolute atomic E-state index is 0.231. The minimum atomic E-state index is -3.47. The summed E-state index contributed by atoms with van der Waals surface area (Å²) >= 11 is 6.31. The fourth-order valence-corrected chi connectivity index (χ4v) is 5.13. The van der Waals surface area contributed by atoms with Crippen molar-refractivity contribution in [2.45, 2.75) is 17.9 Å². The Hall–Kier alpha value is -1.60. The summed E-state index contributed by atoms with van der Waals surface area (Å²) in [5.74, 6) is 0.645. The molecule has 0 spiro atoms. The number of rotatable bonds is 5. The van der Waals surface area contributed by atoms with Crippen LogP contribution in [0, 0.1) is 0 Å². The molecule has 0 aromatic heterocycles. The molecule has 2 aromatic rings. The summed E-state index contributed by atoms with van der Waals surface area (Å²) in [5, 5.41) is 0.765. The summed E-state index contributed by atoms with van der Waals surface area (Å²) in [7, 11) is -1.91. The maximum atomic E-state index is 12.8. The van der Waals surface area contributed by atoms with E-state index in [4.69, 9.17) is 16.3 Å². The molecule has 5 nitrogen and oxygen atoms in total. The minimum Gasteiger partial charge on any atom is -0.497 e. The Morgan fingerprint density at radius 3 is 2.27 bits per heavy atom. The van der Waals surface area contributed by atoms with Crippen molar-refractivity contribution in [2.75, 3.05) is 33.3 Å². The molecule has 0 aliphatic carbocycles. The van der Waals surface area contributed by atoms with Crippen molar-refractivity contribution in [3.8, 4) is 5.75 Å². The van der Waals surface area contributed by atoms with Crippen LogP contribution in [-0.4, -0.2) is 46.0 Å². The van der Waals surface area contributed by atoms with E-state index in [1.807, 2.05) is 24.3 Å². The highest BCUT2D eigenvalue weighted by atomic mass is 35.5. The molecule has 140 valence electrons. The molecule has 26 heavy (non-hydrogen) atoms. The maximum absolute atomic E-state index is 12.8. The molecule has 7 heteroatoms. The molecule has 1 aliphatic rings. The number of hydrogen-bond acceptors (Lipinski definition) is 3. The van der Waals surface area contributed by atoms with Crippen LogP contribution in [0.15, 0.2) is 53.4 Å². The Morgan fingerprint density at radius 1 is 1.08 bits per heavy atom. The summed E-state index contributed by atoms with van der Waals surface area (Å²) in [6.45, 7) is 4.64. The van der Waals surface area contributed by atoms with Gasteiger partial charge in [-0.05, 0) is 37.3 Å². The van der Waals surface area contributed by atoms with Crippen molar-refractivity contribution in [2.24, 2.45) is 0 Å². The van der Waals surface area contributed by atoms with Crippen LogP contribution in [0.2, 0.25) is 5.02 Å². The first-order chi connectivity index (χ1) is 12.4. The van der Waals surface area contributed by atoms with Gasteiger partial charge in [0.05, 0.1) is 38.2 Å². The van der Waals surface area contributed by atoms with Gasteiger partial charge in [-0.15, -0.1) is 0 Å². The van der Waals surface area contributed by atoms with Gasteiger partial charge in [-0.3, -0.25) is 0 Å². The number of piperazine rings is 1. The molecular weight excluding hydrogens is 372 g/mol. The van der Waals surface area contributed by atoms with E-state index in [0.717, 1.165) is 23.7 Å². The highest BCUT2D eigenvalue weighted by Gasteiger charge is 2.33. The second-order valence-corrected chi connectivity index (χ2v) is 8.83. The average molecular weight is 396 g/mol. The highest BCUT2D eigenvalue weighted by molar-refractivity contribution is 7.89. The first kappa shape index (κ1) is 19.2. The Morgan fingerprint density at radius 2 is 1.69 bits per heavy atom. The van der Waals surface area contributed by atoms with Crippen LogP contribution in [0.25, 0.3) is 0 Å². The predicted octanol–water partition coefficient (Wildman–Crippen LogP) is 2.00. The van der Waals surface area contributed by atoms with E-state index < -0.39 is 10.0 Å². The Labute approximate surface area is 160 Å². The second-order valence-electron chi connectivity index (χ2n) is 6.48. The van der Waals surface area contributed by atoms with Crippen LogP contribution < -0.4 is 9.64 Å². The summed E-state index contributed by atoms with van der Waals surface area (Å²) in [5.41, 5.74) is 1.11. The zero-order valence-corrected chi connectivity index (χ0v) is 16.6. The van der Waals surface area contributed by atoms with Gasteiger partial charge in [0.1, 0.15) is 11.8 Å². The van der Waals surface area contributed by atoms with Crippen LogP contribution in [0.4, 0.5) is 0 Å². The summed E-state index contributed by atoms with van der Waals surface area (Å²) in [4.78, 5) is 1.65. The normalized spacial score (nSPS) is 17.8. The molecule has 0 saturated carbocycles. The summed E-state index contributed by atoms with van der Waals surface area (Å²) in [6.07, 6.45) is 0. The van der Waals surface area contributed by atoms with E-state index in [9.17, 15) is 8.42 Å². The molecule has 0 bridgehead atoms. The molecule has 1 fully saturated rings. The van der Waals surface area contributed by atoms with Crippen LogP contribution in [0.1, 0.15) is 18.5 Å². The number of ether oxygens (including phenoxy) is 1. The van der Waals surface area contributed by atoms with Gasteiger partial charge in [0.2, 0.25) is 10.0 Å². The number of halogens is 1. The molecular formula is C19H24ClN2O3S+. The first-order valence-electron chi connectivity index (χ1n) is 8.66. The third-order valence-corrected chi connectivity index (χ3v) is 7.30. The molecule has 2 aromatic carbocycles. The van der Waals surface area contributed by atoms with Crippen molar-refractivity contribution >= 4 is 21.6 Å². The van der Waals surface area contributed by atoms with E-state index in [2.05, 4.69) is 6.92 Å². The summed E-state index contributed by atoms with van der Waals surface area (Å²) in [6, 6.07) is 14.6. The van der Waals surface area contributed by atoms with Gasteiger partial charge in [0.25, 0.3) is 0 Å². The largest absolute Gasteiger partial charge is 0.497 e. The topological polar surface area (TPSA) is 51.1 Å². The Bertz CT molecular complexity index is 847. The number of benzene rings is 2. The fraction of sp³-hybridized carbons (Fsp3) is 0.368. The highest BCUT2D eigenvalue weighted by Crippen LogP contribution is 2.22. The van der Waals surface area contributed by atoms with Crippen LogP contribution in [0.3, 0.4) is 0 Å². The molecule has 0 unspecified atom stereocenters. The fourth-order valence-electron chi connectivity index (χ4n) is 3.39. The zero-order valence-electron chi connectivity index (χ0n) is 15.0. The molecule has 1 aliphatic heterocycles. The lowest BCUT2D eigenvalue weighted by atomic mass is 10.1. The first-order valence-corrected chi connectivity index (χ1v) is 10.5. The monoisotopic (exact) mass is 395 g/mol. The SMILES string of the molecule is COc1ccc(S(=O)(=O)N2CC[NH+]([C@H](C)c3ccccc3Cl)CC2)cc1. The van der Waals surface area contributed by atoms with Gasteiger partial charge in [-0.2, -0.15) is 4.31 Å². The predicted molar refractivity (Wildman–Crippen MR) is 102 cm³/mol. The van der Waals surface area contributed by atoms with Gasteiger partial charge < -0.3 is 9.64 Å². The zero-order chi connectivity index (χ0) is 18.7. The van der Waals surface area contributed by atoms with Crippen LogP contribution >= 0.6 is 11.6 Å². The van der Waals surface area contributed by atoms with Crippen molar-refractivity contribution in [3.05, 3.63) is 59.1 Å². The third-order valence-electron chi connectivity index (χ3n) is 5.05. The third kappa shape index (κ3) is 3.88. The molecule has 3 rings (SSSR count). The number of nitrogens with one attached hydrogen (secondary N) is 1. The average Bonchev–Trinajstić information content (AvgIpc) is 2.68. The van der Waals surface area contributed by atoms with Gasteiger partial charge in [-0.25, -0.2) is 8.42 Å². The number of sulfonamides is 1. The van der Waals surface area contributed by atoms with E-state index in [0.29, 0.717) is 23.7 Å². The van der Waals surface area contributed by atoms with Gasteiger partial charge in [-0.1, -0.05) is 29.8 Å². The smallest absolute Gasteiger partial charge is 0.243 e. The van der Waals surface area contributed by atoms with Gasteiger partial charge >= 0.3 is 0 Å². The lowest BCUT2D eigenvalue weighted by Crippen LogP contribution is -3.14. The lowest BCUT2D eigenvalue weighted by Gasteiger charge is -2.35. The Balaban J connectivity index is 1.68. The molecule has 1 saturated heterocycles. The van der Waals surface area contributed by atoms with Crippen LogP contribution in [0.5, 0.6) is 5.75 Å². The van der Waals surface area contributed by atoms with Crippen molar-refractivity contribution in [1.29, 1.82) is 0 Å². The molecule has 0 radical (unpaired) electrons. The lowest BCUT2D eigenvalue weighted by molar-refractivity contribution is -0.933. The van der Waals surface area contributed by atoms with Crippen molar-refractivity contribution in [1.82, 2.24) is 4.31 Å².